The Kier molecular flexibility index (Phi) is 4.13. The lowest BCUT2D eigenvalue weighted by Gasteiger charge is -2.06. The largest absolute Gasteiger partial charge is 0.456 e. The van der Waals surface area contributed by atoms with E-state index in [4.69, 9.17) is 8.83 Å². The van der Waals surface area contributed by atoms with Gasteiger partial charge in [0.25, 0.3) is 0 Å². The number of fused-ring (bicyclic) bond motifs is 6. The maximum Gasteiger partial charge on any atom is 0.136 e. The summed E-state index contributed by atoms with van der Waals surface area (Å²) >= 11 is 0. The number of para-hydroxylation sites is 1. The standard InChI is InChI=1S/C25H16O2.C2H6/c1-15-12-13-19-23(14-15)27-22-11-5-8-17(25(19)22)16-7-4-10-21-24(16)18-6-2-3-9-20(18)26-21;1-2/h2-14H,1H3;1-2H3. The number of rotatable bonds is 1. The molecule has 2 heteroatoms. The predicted molar refractivity (Wildman–Crippen MR) is 123 cm³/mol. The Labute approximate surface area is 169 Å². The van der Waals surface area contributed by atoms with E-state index < -0.39 is 0 Å². The average Bonchev–Trinajstić information content (AvgIpc) is 3.32. The molecule has 0 unspecified atom stereocenters. The number of furan rings is 2. The van der Waals surface area contributed by atoms with Gasteiger partial charge in [0.2, 0.25) is 0 Å². The Hall–Kier alpha value is -3.52. The van der Waals surface area contributed by atoms with E-state index in [9.17, 15) is 0 Å². The van der Waals surface area contributed by atoms with Crippen LogP contribution in [0, 0.1) is 6.92 Å². The molecule has 2 nitrogen and oxygen atoms in total. The van der Waals surface area contributed by atoms with E-state index in [-0.39, 0.29) is 0 Å². The zero-order valence-corrected chi connectivity index (χ0v) is 16.8. The number of hydrogen-bond acceptors (Lipinski definition) is 2. The third-order valence-electron chi connectivity index (χ3n) is 5.35. The maximum absolute atomic E-state index is 6.15. The second-order valence-corrected chi connectivity index (χ2v) is 7.06. The van der Waals surface area contributed by atoms with Gasteiger partial charge in [-0.2, -0.15) is 0 Å². The van der Waals surface area contributed by atoms with Gasteiger partial charge < -0.3 is 8.83 Å². The summed E-state index contributed by atoms with van der Waals surface area (Å²) in [6.07, 6.45) is 0. The van der Waals surface area contributed by atoms with Crippen LogP contribution in [-0.2, 0) is 0 Å². The molecule has 0 N–H and O–H groups in total. The van der Waals surface area contributed by atoms with Gasteiger partial charge in [-0.1, -0.05) is 68.4 Å². The molecule has 6 aromatic rings. The molecule has 0 amide bonds. The third kappa shape index (κ3) is 2.64. The molecule has 0 aliphatic heterocycles. The molecule has 0 aliphatic rings. The quantitative estimate of drug-likeness (QED) is 0.287. The summed E-state index contributed by atoms with van der Waals surface area (Å²) in [4.78, 5) is 0. The fourth-order valence-corrected chi connectivity index (χ4v) is 4.16. The van der Waals surface area contributed by atoms with Crippen LogP contribution in [0.5, 0.6) is 0 Å². The van der Waals surface area contributed by atoms with Crippen LogP contribution in [0.1, 0.15) is 19.4 Å². The van der Waals surface area contributed by atoms with Crippen molar-refractivity contribution in [2.75, 3.05) is 0 Å². The van der Waals surface area contributed by atoms with Gasteiger partial charge in [-0.3, -0.25) is 0 Å². The summed E-state index contributed by atoms with van der Waals surface area (Å²) < 4.78 is 12.2. The molecule has 0 fully saturated rings. The van der Waals surface area contributed by atoms with E-state index in [0.717, 1.165) is 43.9 Å². The van der Waals surface area contributed by atoms with Gasteiger partial charge >= 0.3 is 0 Å². The molecule has 2 aromatic heterocycles. The fourth-order valence-electron chi connectivity index (χ4n) is 4.16. The number of aryl methyl sites for hydroxylation is 1. The summed E-state index contributed by atoms with van der Waals surface area (Å²) in [7, 11) is 0. The van der Waals surface area contributed by atoms with Crippen molar-refractivity contribution in [1.82, 2.24) is 0 Å². The average molecular weight is 378 g/mol. The van der Waals surface area contributed by atoms with E-state index in [1.165, 1.54) is 16.7 Å². The van der Waals surface area contributed by atoms with Gasteiger partial charge in [-0.05, 0) is 47.9 Å². The first-order valence-corrected chi connectivity index (χ1v) is 10.1. The van der Waals surface area contributed by atoms with Crippen molar-refractivity contribution in [3.8, 4) is 11.1 Å². The van der Waals surface area contributed by atoms with E-state index in [0.29, 0.717) is 0 Å². The molecule has 29 heavy (non-hydrogen) atoms. The van der Waals surface area contributed by atoms with Crippen molar-refractivity contribution in [3.63, 3.8) is 0 Å². The molecular weight excluding hydrogens is 356 g/mol. The lowest BCUT2D eigenvalue weighted by atomic mass is 9.95. The zero-order valence-electron chi connectivity index (χ0n) is 16.8. The highest BCUT2D eigenvalue weighted by Gasteiger charge is 2.17. The van der Waals surface area contributed by atoms with Gasteiger partial charge in [0, 0.05) is 21.5 Å². The molecule has 6 rings (SSSR count). The summed E-state index contributed by atoms with van der Waals surface area (Å²) in [5, 5.41) is 4.60. The SMILES string of the molecule is CC.Cc1ccc2c(c1)oc1cccc(-c3cccc4oc5ccccc5c34)c12. The smallest absolute Gasteiger partial charge is 0.136 e. The second kappa shape index (κ2) is 6.82. The molecular formula is C27H22O2. The first-order valence-electron chi connectivity index (χ1n) is 10.1. The lowest BCUT2D eigenvalue weighted by Crippen LogP contribution is -1.81. The zero-order chi connectivity index (χ0) is 20.0. The lowest BCUT2D eigenvalue weighted by molar-refractivity contribution is 0.668. The first-order chi connectivity index (χ1) is 14.3. The van der Waals surface area contributed by atoms with Crippen LogP contribution in [0.4, 0.5) is 0 Å². The highest BCUT2D eigenvalue weighted by Crippen LogP contribution is 2.42. The Bertz CT molecular complexity index is 1480. The number of benzene rings is 4. The Morgan fingerprint density at radius 3 is 1.76 bits per heavy atom. The third-order valence-corrected chi connectivity index (χ3v) is 5.35. The normalized spacial score (nSPS) is 11.3. The molecule has 0 saturated carbocycles. The van der Waals surface area contributed by atoms with Gasteiger partial charge in [0.1, 0.15) is 22.3 Å². The Morgan fingerprint density at radius 2 is 1.07 bits per heavy atom. The van der Waals surface area contributed by atoms with Crippen LogP contribution in [0.2, 0.25) is 0 Å². The molecule has 0 radical (unpaired) electrons. The number of hydrogen-bond donors (Lipinski definition) is 0. The molecule has 4 aromatic carbocycles. The summed E-state index contributed by atoms with van der Waals surface area (Å²) in [5.74, 6) is 0. The van der Waals surface area contributed by atoms with Crippen molar-refractivity contribution >= 4 is 43.9 Å². The molecule has 2 heterocycles. The highest BCUT2D eigenvalue weighted by atomic mass is 16.3. The van der Waals surface area contributed by atoms with Gasteiger partial charge in [0.05, 0.1) is 0 Å². The summed E-state index contributed by atoms with van der Waals surface area (Å²) in [6.45, 7) is 6.09. The van der Waals surface area contributed by atoms with Crippen molar-refractivity contribution < 1.29 is 8.83 Å². The monoisotopic (exact) mass is 378 g/mol. The molecule has 0 saturated heterocycles. The van der Waals surface area contributed by atoms with Crippen molar-refractivity contribution in [3.05, 3.63) is 84.4 Å². The summed E-state index contributed by atoms with van der Waals surface area (Å²) in [6, 6.07) is 27.2. The van der Waals surface area contributed by atoms with Crippen LogP contribution < -0.4 is 0 Å². The van der Waals surface area contributed by atoms with Crippen LogP contribution >= 0.6 is 0 Å². The summed E-state index contributed by atoms with van der Waals surface area (Å²) in [5.41, 5.74) is 7.22. The van der Waals surface area contributed by atoms with Crippen molar-refractivity contribution in [2.24, 2.45) is 0 Å². The maximum atomic E-state index is 6.15. The molecule has 0 spiro atoms. The predicted octanol–water partition coefficient (Wildman–Crippen LogP) is 8.49. The minimum atomic E-state index is 0.911. The molecule has 0 aliphatic carbocycles. The Balaban J connectivity index is 0.000000882. The topological polar surface area (TPSA) is 26.3 Å². The first kappa shape index (κ1) is 17.6. The molecule has 0 bridgehead atoms. The molecule has 0 atom stereocenters. The fraction of sp³-hybridized carbons (Fsp3) is 0.111. The van der Waals surface area contributed by atoms with Gasteiger partial charge in [-0.15, -0.1) is 0 Å². The van der Waals surface area contributed by atoms with E-state index in [1.807, 2.05) is 38.1 Å². The van der Waals surface area contributed by atoms with E-state index >= 15 is 0 Å². The minimum Gasteiger partial charge on any atom is -0.456 e. The van der Waals surface area contributed by atoms with E-state index in [2.05, 4.69) is 61.5 Å². The minimum absolute atomic E-state index is 0.911. The van der Waals surface area contributed by atoms with Gasteiger partial charge in [0.15, 0.2) is 0 Å². The van der Waals surface area contributed by atoms with Crippen molar-refractivity contribution in [1.29, 1.82) is 0 Å². The van der Waals surface area contributed by atoms with Crippen LogP contribution in [0.15, 0.2) is 87.7 Å². The van der Waals surface area contributed by atoms with Crippen LogP contribution in [0.3, 0.4) is 0 Å². The Morgan fingerprint density at radius 1 is 0.517 bits per heavy atom. The highest BCUT2D eigenvalue weighted by molar-refractivity contribution is 6.19. The van der Waals surface area contributed by atoms with Gasteiger partial charge in [-0.25, -0.2) is 0 Å². The second-order valence-electron chi connectivity index (χ2n) is 7.06. The van der Waals surface area contributed by atoms with Crippen molar-refractivity contribution in [2.45, 2.75) is 20.8 Å². The van der Waals surface area contributed by atoms with Crippen LogP contribution in [0.25, 0.3) is 55.0 Å². The van der Waals surface area contributed by atoms with E-state index in [1.54, 1.807) is 0 Å². The van der Waals surface area contributed by atoms with Crippen LogP contribution in [-0.4, -0.2) is 0 Å². The molecule has 142 valence electrons.